The van der Waals surface area contributed by atoms with Gasteiger partial charge in [-0.3, -0.25) is 24.0 Å². The number of aliphatic hydroxyl groups is 1. The Morgan fingerprint density at radius 3 is 1.86 bits per heavy atom. The first-order valence-corrected chi connectivity index (χ1v) is 16.5. The van der Waals surface area contributed by atoms with Crippen LogP contribution in [0.3, 0.4) is 0 Å². The van der Waals surface area contributed by atoms with E-state index in [0.717, 1.165) is 11.1 Å². The zero-order valence-corrected chi connectivity index (χ0v) is 28.3. The molecule has 3 amide bonds. The molecule has 3 aromatic rings. The van der Waals surface area contributed by atoms with Gasteiger partial charge in [0.1, 0.15) is 0 Å². The summed E-state index contributed by atoms with van der Waals surface area (Å²) < 4.78 is 39.8. The van der Waals surface area contributed by atoms with E-state index < -0.39 is 79.0 Å². The predicted molar refractivity (Wildman–Crippen MR) is 182 cm³/mol. The van der Waals surface area contributed by atoms with Crippen LogP contribution in [0.4, 0.5) is 13.2 Å². The molecular weight excluding hydrogens is 651 g/mol. The molecule has 0 heterocycles. The van der Waals surface area contributed by atoms with Crippen LogP contribution in [0, 0.1) is 17.8 Å². The molecule has 0 saturated heterocycles. The first-order valence-electron chi connectivity index (χ1n) is 16.5. The third-order valence-corrected chi connectivity index (χ3v) is 8.55. The monoisotopic (exact) mass is 695 g/mol. The number of amides is 3. The van der Waals surface area contributed by atoms with Crippen molar-refractivity contribution in [2.75, 3.05) is 0 Å². The highest BCUT2D eigenvalue weighted by atomic mass is 19.4. The number of alkyl halides is 3. The number of carbonyl (C=O) groups is 5. The van der Waals surface area contributed by atoms with Crippen LogP contribution >= 0.6 is 0 Å². The number of primary amides is 1. The first-order chi connectivity index (χ1) is 23.6. The second-order valence-electron chi connectivity index (χ2n) is 12.9. The Morgan fingerprint density at radius 2 is 1.32 bits per heavy atom. The van der Waals surface area contributed by atoms with Gasteiger partial charge in [-0.25, -0.2) is 0 Å². The molecule has 0 aliphatic carbocycles. The summed E-state index contributed by atoms with van der Waals surface area (Å²) in [7, 11) is 0. The van der Waals surface area contributed by atoms with Gasteiger partial charge in [-0.2, -0.15) is 13.2 Å². The van der Waals surface area contributed by atoms with Crippen LogP contribution in [-0.4, -0.2) is 58.8 Å². The normalized spacial score (nSPS) is 14.6. The average molecular weight is 696 g/mol. The van der Waals surface area contributed by atoms with Gasteiger partial charge in [-0.1, -0.05) is 106 Å². The average Bonchev–Trinajstić information content (AvgIpc) is 3.08. The molecule has 12 heteroatoms. The van der Waals surface area contributed by atoms with E-state index >= 15 is 0 Å². The maximum Gasteiger partial charge on any atom is 0.416 e. The SMILES string of the molecule is CC(C)[C@H](CC(=O)c1ccc(-c2ccccc2)cc1)C(=O)N[C@@H](Cc1ccccc1)C(=O)C[C@H](C)C(=O)N[C@@H](CCC(N)=O)C(O)C(F)(F)F. The molecule has 3 aromatic carbocycles. The van der Waals surface area contributed by atoms with Crippen molar-refractivity contribution in [2.24, 2.45) is 23.5 Å². The van der Waals surface area contributed by atoms with E-state index in [1.807, 2.05) is 42.5 Å². The maximum absolute atomic E-state index is 13.7. The molecule has 0 aliphatic heterocycles. The van der Waals surface area contributed by atoms with Gasteiger partial charge in [0.05, 0.1) is 12.1 Å². The summed E-state index contributed by atoms with van der Waals surface area (Å²) >= 11 is 0. The molecule has 268 valence electrons. The molecule has 5 N–H and O–H groups in total. The predicted octanol–water partition coefficient (Wildman–Crippen LogP) is 5.19. The number of benzene rings is 3. The van der Waals surface area contributed by atoms with Crippen LogP contribution in [0.25, 0.3) is 11.1 Å². The summed E-state index contributed by atoms with van der Waals surface area (Å²) in [5, 5.41) is 14.7. The minimum absolute atomic E-state index is 0.0630. The summed E-state index contributed by atoms with van der Waals surface area (Å²) in [6.45, 7) is 4.92. The molecule has 9 nitrogen and oxygen atoms in total. The maximum atomic E-state index is 13.7. The largest absolute Gasteiger partial charge is 0.416 e. The second kappa shape index (κ2) is 18.2. The summed E-state index contributed by atoms with van der Waals surface area (Å²) in [4.78, 5) is 64.8. The highest BCUT2D eigenvalue weighted by Crippen LogP contribution is 2.26. The van der Waals surface area contributed by atoms with Gasteiger partial charge in [0.2, 0.25) is 17.7 Å². The van der Waals surface area contributed by atoms with Gasteiger partial charge in [-0.15, -0.1) is 0 Å². The lowest BCUT2D eigenvalue weighted by molar-refractivity contribution is -0.213. The number of halogens is 3. The molecule has 0 spiro atoms. The number of nitrogens with one attached hydrogen (secondary N) is 2. The molecule has 5 atom stereocenters. The highest BCUT2D eigenvalue weighted by Gasteiger charge is 2.44. The summed E-state index contributed by atoms with van der Waals surface area (Å²) in [6.07, 6.45) is -9.64. The van der Waals surface area contributed by atoms with Gasteiger partial charge in [-0.05, 0) is 35.4 Å². The van der Waals surface area contributed by atoms with Gasteiger partial charge in [0.25, 0.3) is 0 Å². The zero-order chi connectivity index (χ0) is 37.0. The fraction of sp³-hybridized carbons (Fsp3) is 0.395. The minimum atomic E-state index is -5.08. The molecule has 3 rings (SSSR count). The third kappa shape index (κ3) is 11.9. The summed E-state index contributed by atoms with van der Waals surface area (Å²) in [6, 6.07) is 22.6. The Bertz CT molecular complexity index is 1600. The van der Waals surface area contributed by atoms with E-state index in [4.69, 9.17) is 5.73 Å². The van der Waals surface area contributed by atoms with Crippen molar-refractivity contribution in [1.82, 2.24) is 10.6 Å². The summed E-state index contributed by atoms with van der Waals surface area (Å²) in [5.74, 6) is -5.43. The first kappa shape index (κ1) is 39.6. The third-order valence-electron chi connectivity index (χ3n) is 8.55. The Balaban J connectivity index is 1.74. The van der Waals surface area contributed by atoms with E-state index in [1.165, 1.54) is 6.92 Å². The Morgan fingerprint density at radius 1 is 0.760 bits per heavy atom. The van der Waals surface area contributed by atoms with Crippen LogP contribution in [0.5, 0.6) is 0 Å². The number of hydrogen-bond acceptors (Lipinski definition) is 6. The number of carbonyl (C=O) groups excluding carboxylic acids is 5. The lowest BCUT2D eigenvalue weighted by Gasteiger charge is -2.27. The van der Waals surface area contributed by atoms with Crippen LogP contribution in [0.15, 0.2) is 84.9 Å². The Kier molecular flexibility index (Phi) is 14.4. The van der Waals surface area contributed by atoms with Crippen molar-refractivity contribution in [3.63, 3.8) is 0 Å². The molecule has 1 unspecified atom stereocenters. The standard InChI is InChI=1S/C38H44F3N3O6/c1-23(2)29(22-32(45)28-16-14-27(15-17-28)26-12-8-5-9-13-26)37(50)44-31(21-25-10-6-4-7-11-25)33(46)20-24(3)36(49)43-30(18-19-34(42)47)35(48)38(39,40)41/h4-17,23-24,29-31,35,48H,18-22H2,1-3H3,(H2,42,47)(H,43,49)(H,44,50)/t24-,29-,30-,31-,35?/m0/s1. The van der Waals surface area contributed by atoms with Crippen molar-refractivity contribution in [1.29, 1.82) is 0 Å². The van der Waals surface area contributed by atoms with E-state index in [0.29, 0.717) is 11.1 Å². The fourth-order valence-corrected chi connectivity index (χ4v) is 5.50. The molecule has 0 radical (unpaired) electrons. The van der Waals surface area contributed by atoms with Crippen molar-refractivity contribution >= 4 is 29.3 Å². The van der Waals surface area contributed by atoms with Crippen LogP contribution in [0.2, 0.25) is 0 Å². The van der Waals surface area contributed by atoms with Gasteiger partial charge in [0, 0.05) is 36.7 Å². The van der Waals surface area contributed by atoms with Crippen molar-refractivity contribution in [2.45, 2.75) is 77.2 Å². The Hall–Kier alpha value is -4.84. The molecule has 0 saturated carbocycles. The highest BCUT2D eigenvalue weighted by molar-refractivity contribution is 6.00. The van der Waals surface area contributed by atoms with Gasteiger partial charge < -0.3 is 21.5 Å². The molecule has 0 aromatic heterocycles. The lowest BCUT2D eigenvalue weighted by atomic mass is 9.87. The van der Waals surface area contributed by atoms with Crippen molar-refractivity contribution < 1.29 is 42.3 Å². The number of rotatable bonds is 18. The van der Waals surface area contributed by atoms with Gasteiger partial charge >= 0.3 is 6.18 Å². The second-order valence-corrected chi connectivity index (χ2v) is 12.9. The van der Waals surface area contributed by atoms with Crippen LogP contribution in [0.1, 0.15) is 62.4 Å². The fourth-order valence-electron chi connectivity index (χ4n) is 5.50. The van der Waals surface area contributed by atoms with E-state index in [-0.39, 0.29) is 24.5 Å². The van der Waals surface area contributed by atoms with Crippen molar-refractivity contribution in [3.05, 3.63) is 96.1 Å². The molecule has 50 heavy (non-hydrogen) atoms. The van der Waals surface area contributed by atoms with E-state index in [1.54, 1.807) is 56.3 Å². The molecule has 0 bridgehead atoms. The lowest BCUT2D eigenvalue weighted by Crippen LogP contribution is -2.52. The van der Waals surface area contributed by atoms with Crippen LogP contribution in [-0.2, 0) is 25.6 Å². The zero-order valence-electron chi connectivity index (χ0n) is 28.3. The van der Waals surface area contributed by atoms with Crippen molar-refractivity contribution in [3.8, 4) is 11.1 Å². The molecule has 0 aliphatic rings. The number of aliphatic hydroxyl groups excluding tert-OH is 1. The number of Topliss-reactive ketones (excluding diaryl/α,β-unsaturated/α-hetero) is 2. The minimum Gasteiger partial charge on any atom is -0.382 e. The number of hydrogen-bond donors (Lipinski definition) is 4. The quantitative estimate of drug-likeness (QED) is 0.134. The number of ketones is 2. The van der Waals surface area contributed by atoms with E-state index in [2.05, 4.69) is 10.6 Å². The number of nitrogens with two attached hydrogens (primary N) is 1. The smallest absolute Gasteiger partial charge is 0.382 e. The van der Waals surface area contributed by atoms with Gasteiger partial charge in [0.15, 0.2) is 17.7 Å². The summed E-state index contributed by atoms with van der Waals surface area (Å²) in [5.41, 5.74) is 8.12. The van der Waals surface area contributed by atoms with Crippen LogP contribution < -0.4 is 16.4 Å². The Labute approximate surface area is 289 Å². The molecule has 0 fully saturated rings. The van der Waals surface area contributed by atoms with E-state index in [9.17, 15) is 42.3 Å². The topological polar surface area (TPSA) is 156 Å². The molecular formula is C38H44F3N3O6.